The molecule has 0 aliphatic carbocycles. The molecule has 84 valence electrons. The highest BCUT2D eigenvalue weighted by molar-refractivity contribution is 7.91. The van der Waals surface area contributed by atoms with Gasteiger partial charge in [0.15, 0.2) is 9.84 Å². The summed E-state index contributed by atoms with van der Waals surface area (Å²) in [5.41, 5.74) is 0. The molecule has 0 radical (unpaired) electrons. The van der Waals surface area contributed by atoms with Gasteiger partial charge in [-0.25, -0.2) is 8.42 Å². The molecule has 1 amide bonds. The largest absolute Gasteiger partial charge is 0.312 e. The first-order chi connectivity index (χ1) is 7.02. The summed E-state index contributed by atoms with van der Waals surface area (Å²) in [7, 11) is -2.91. The minimum absolute atomic E-state index is 0.100. The lowest BCUT2D eigenvalue weighted by molar-refractivity contribution is -0.120. The SMILES string of the molecule is CCC1N=C(C2CCS(=O)(=O)C2)NC1=O. The quantitative estimate of drug-likeness (QED) is 0.709. The lowest BCUT2D eigenvalue weighted by Gasteiger charge is -2.05. The molecule has 5 nitrogen and oxygen atoms in total. The molecule has 15 heavy (non-hydrogen) atoms. The molecule has 0 bridgehead atoms. The molecule has 0 aromatic carbocycles. The first-order valence-electron chi connectivity index (χ1n) is 5.11. The summed E-state index contributed by atoms with van der Waals surface area (Å²) < 4.78 is 22.5. The number of carbonyl (C=O) groups is 1. The second kappa shape index (κ2) is 3.59. The van der Waals surface area contributed by atoms with Crippen molar-refractivity contribution < 1.29 is 13.2 Å². The fourth-order valence-corrected chi connectivity index (χ4v) is 3.71. The smallest absolute Gasteiger partial charge is 0.250 e. The van der Waals surface area contributed by atoms with E-state index in [9.17, 15) is 13.2 Å². The fraction of sp³-hybridized carbons (Fsp3) is 0.778. The van der Waals surface area contributed by atoms with Crippen molar-refractivity contribution in [3.8, 4) is 0 Å². The highest BCUT2D eigenvalue weighted by Gasteiger charge is 2.36. The molecule has 0 saturated carbocycles. The first-order valence-corrected chi connectivity index (χ1v) is 6.93. The topological polar surface area (TPSA) is 75.6 Å². The molecular weight excluding hydrogens is 216 g/mol. The molecule has 2 atom stereocenters. The maximum Gasteiger partial charge on any atom is 0.250 e. The summed E-state index contributed by atoms with van der Waals surface area (Å²) in [6.07, 6.45) is 1.24. The normalized spacial score (nSPS) is 33.9. The maximum atomic E-state index is 11.4. The Kier molecular flexibility index (Phi) is 2.54. The zero-order valence-corrected chi connectivity index (χ0v) is 9.38. The van der Waals surface area contributed by atoms with Gasteiger partial charge in [-0.15, -0.1) is 0 Å². The third-order valence-electron chi connectivity index (χ3n) is 2.85. The van der Waals surface area contributed by atoms with E-state index in [0.717, 1.165) is 0 Å². The fourth-order valence-electron chi connectivity index (χ4n) is 1.96. The number of sulfone groups is 1. The average molecular weight is 230 g/mol. The van der Waals surface area contributed by atoms with Crippen LogP contribution in [0.25, 0.3) is 0 Å². The number of aliphatic imine (C=N–C) groups is 1. The Morgan fingerprint density at radius 3 is 2.73 bits per heavy atom. The van der Waals surface area contributed by atoms with Gasteiger partial charge in [-0.2, -0.15) is 0 Å². The monoisotopic (exact) mass is 230 g/mol. The number of nitrogens with zero attached hydrogens (tertiary/aromatic N) is 1. The highest BCUT2D eigenvalue weighted by Crippen LogP contribution is 2.21. The van der Waals surface area contributed by atoms with Crippen LogP contribution in [0.2, 0.25) is 0 Å². The van der Waals surface area contributed by atoms with E-state index in [0.29, 0.717) is 18.7 Å². The van der Waals surface area contributed by atoms with Crippen LogP contribution in [-0.4, -0.2) is 37.7 Å². The van der Waals surface area contributed by atoms with Crippen LogP contribution in [0, 0.1) is 5.92 Å². The van der Waals surface area contributed by atoms with E-state index in [1.165, 1.54) is 0 Å². The summed E-state index contributed by atoms with van der Waals surface area (Å²) in [5.74, 6) is 0.714. The Hall–Kier alpha value is -0.910. The van der Waals surface area contributed by atoms with Crippen LogP contribution in [-0.2, 0) is 14.6 Å². The van der Waals surface area contributed by atoms with Crippen LogP contribution in [0.5, 0.6) is 0 Å². The Bertz CT molecular complexity index is 413. The number of carbonyl (C=O) groups excluding carboxylic acids is 1. The van der Waals surface area contributed by atoms with Gasteiger partial charge >= 0.3 is 0 Å². The minimum Gasteiger partial charge on any atom is -0.312 e. The van der Waals surface area contributed by atoms with Gasteiger partial charge in [0.05, 0.1) is 11.5 Å². The number of amidine groups is 1. The van der Waals surface area contributed by atoms with E-state index < -0.39 is 9.84 Å². The number of nitrogens with one attached hydrogen (secondary N) is 1. The summed E-state index contributed by atoms with van der Waals surface area (Å²) in [6.45, 7) is 1.89. The van der Waals surface area contributed by atoms with Crippen molar-refractivity contribution in [1.82, 2.24) is 5.32 Å². The van der Waals surface area contributed by atoms with Crippen molar-refractivity contribution >= 4 is 21.6 Å². The second-order valence-corrected chi connectivity index (χ2v) is 6.26. The van der Waals surface area contributed by atoms with Crippen LogP contribution >= 0.6 is 0 Å². The summed E-state index contributed by atoms with van der Waals surface area (Å²) in [6, 6.07) is -0.316. The van der Waals surface area contributed by atoms with E-state index >= 15 is 0 Å². The number of rotatable bonds is 2. The Labute approximate surface area is 88.9 Å². The molecule has 2 heterocycles. The lowest BCUT2D eigenvalue weighted by atomic mass is 10.1. The van der Waals surface area contributed by atoms with E-state index in [1.54, 1.807) is 0 Å². The molecule has 0 spiro atoms. The van der Waals surface area contributed by atoms with Gasteiger partial charge < -0.3 is 5.32 Å². The van der Waals surface area contributed by atoms with E-state index in [1.807, 2.05) is 6.92 Å². The number of hydrogen-bond donors (Lipinski definition) is 1. The van der Waals surface area contributed by atoms with Gasteiger partial charge in [0.2, 0.25) is 5.91 Å². The molecule has 2 aliphatic heterocycles. The van der Waals surface area contributed by atoms with Crippen molar-refractivity contribution in [2.24, 2.45) is 10.9 Å². The number of amides is 1. The standard InChI is InChI=1S/C9H14N2O3S/c1-2-7-9(12)11-8(10-7)6-3-4-15(13,14)5-6/h6-7H,2-5H2,1H3,(H,10,11,12). The molecule has 1 saturated heterocycles. The molecule has 1 N–H and O–H groups in total. The third-order valence-corrected chi connectivity index (χ3v) is 4.62. The van der Waals surface area contributed by atoms with Gasteiger partial charge in [-0.3, -0.25) is 9.79 Å². The predicted octanol–water partition coefficient (Wildman–Crippen LogP) is -0.272. The molecule has 2 unspecified atom stereocenters. The van der Waals surface area contributed by atoms with Crippen LogP contribution < -0.4 is 5.32 Å². The lowest BCUT2D eigenvalue weighted by Crippen LogP contribution is -2.33. The second-order valence-electron chi connectivity index (χ2n) is 4.03. The minimum atomic E-state index is -2.91. The van der Waals surface area contributed by atoms with Gasteiger partial charge in [0.25, 0.3) is 0 Å². The van der Waals surface area contributed by atoms with Crippen LogP contribution in [0.1, 0.15) is 19.8 Å². The van der Waals surface area contributed by atoms with Crippen LogP contribution in [0.4, 0.5) is 0 Å². The first kappa shape index (κ1) is 10.6. The Morgan fingerprint density at radius 2 is 2.27 bits per heavy atom. The molecular formula is C9H14N2O3S. The van der Waals surface area contributed by atoms with Crippen molar-refractivity contribution in [3.05, 3.63) is 0 Å². The summed E-state index contributed by atoms with van der Waals surface area (Å²) in [5, 5.41) is 2.68. The predicted molar refractivity (Wildman–Crippen MR) is 56.4 cm³/mol. The zero-order valence-electron chi connectivity index (χ0n) is 8.56. The van der Waals surface area contributed by atoms with E-state index in [-0.39, 0.29) is 29.4 Å². The van der Waals surface area contributed by atoms with Gasteiger partial charge in [0, 0.05) is 5.92 Å². The highest BCUT2D eigenvalue weighted by atomic mass is 32.2. The third kappa shape index (κ3) is 2.04. The zero-order chi connectivity index (χ0) is 11.1. The molecule has 0 aromatic rings. The Balaban J connectivity index is 2.11. The van der Waals surface area contributed by atoms with Gasteiger partial charge in [0.1, 0.15) is 11.9 Å². The molecule has 2 aliphatic rings. The molecule has 6 heteroatoms. The number of hydrogen-bond acceptors (Lipinski definition) is 4. The van der Waals surface area contributed by atoms with Crippen molar-refractivity contribution in [2.75, 3.05) is 11.5 Å². The molecule has 1 fully saturated rings. The van der Waals surface area contributed by atoms with E-state index in [2.05, 4.69) is 10.3 Å². The van der Waals surface area contributed by atoms with E-state index in [4.69, 9.17) is 0 Å². The van der Waals surface area contributed by atoms with Gasteiger partial charge in [-0.05, 0) is 12.8 Å². The summed E-state index contributed by atoms with van der Waals surface area (Å²) in [4.78, 5) is 15.6. The molecule has 2 rings (SSSR count). The average Bonchev–Trinajstić information content (AvgIpc) is 2.69. The maximum absolute atomic E-state index is 11.4. The molecule has 0 aromatic heterocycles. The van der Waals surface area contributed by atoms with Crippen LogP contribution in [0.3, 0.4) is 0 Å². The van der Waals surface area contributed by atoms with Crippen LogP contribution in [0.15, 0.2) is 4.99 Å². The van der Waals surface area contributed by atoms with Gasteiger partial charge in [-0.1, -0.05) is 6.92 Å². The Morgan fingerprint density at radius 1 is 1.53 bits per heavy atom. The van der Waals surface area contributed by atoms with Crippen molar-refractivity contribution in [1.29, 1.82) is 0 Å². The van der Waals surface area contributed by atoms with Crippen molar-refractivity contribution in [2.45, 2.75) is 25.8 Å². The summed E-state index contributed by atoms with van der Waals surface area (Å²) >= 11 is 0. The van der Waals surface area contributed by atoms with Crippen molar-refractivity contribution in [3.63, 3.8) is 0 Å².